The molecule has 0 aromatic rings. The van der Waals surface area contributed by atoms with Crippen LogP contribution in [0.4, 0.5) is 13.2 Å². The molecule has 0 saturated heterocycles. The summed E-state index contributed by atoms with van der Waals surface area (Å²) in [7, 11) is 0. The van der Waals surface area contributed by atoms with E-state index in [1.807, 2.05) is 0 Å². The molecular weight excluding hydrogens is 145 g/mol. The normalized spacial score (nSPS) is 11.6. The van der Waals surface area contributed by atoms with E-state index in [1.165, 1.54) is 0 Å². The average molecular weight is 154 g/mol. The Bertz CT molecular complexity index is 117. The van der Waals surface area contributed by atoms with Crippen LogP contribution in [0.2, 0.25) is 0 Å². The Balaban J connectivity index is 3.29. The number of hydrogen-bond acceptors (Lipinski definition) is 1. The number of hydrogen-bond donors (Lipinski definition) is 0. The van der Waals surface area contributed by atoms with Gasteiger partial charge in [-0.2, -0.15) is 13.2 Å². The van der Waals surface area contributed by atoms with Gasteiger partial charge in [0.1, 0.15) is 6.61 Å². The van der Waals surface area contributed by atoms with Crippen LogP contribution >= 0.6 is 0 Å². The Labute approximate surface area is 57.5 Å². The average Bonchev–Trinajstić information content (AvgIpc) is 1.59. The van der Waals surface area contributed by atoms with Gasteiger partial charge in [-0.25, -0.2) is 0 Å². The molecule has 0 atom stereocenters. The molecule has 0 radical (unpaired) electrons. The van der Waals surface area contributed by atoms with Crippen LogP contribution in [0.15, 0.2) is 12.2 Å². The molecule has 0 aliphatic carbocycles. The second kappa shape index (κ2) is 3.61. The monoisotopic (exact) mass is 154 g/mol. The summed E-state index contributed by atoms with van der Waals surface area (Å²) in [5.74, 6) is 0. The molecule has 0 fully saturated rings. The molecule has 0 aromatic heterocycles. The van der Waals surface area contributed by atoms with Gasteiger partial charge in [0.25, 0.3) is 0 Å². The van der Waals surface area contributed by atoms with Crippen LogP contribution in [0, 0.1) is 0 Å². The Morgan fingerprint density at radius 3 is 2.30 bits per heavy atom. The maximum absolute atomic E-state index is 11.4. The number of ether oxygens (including phenoxy) is 1. The van der Waals surface area contributed by atoms with Crippen molar-refractivity contribution in [3.05, 3.63) is 12.2 Å². The lowest BCUT2D eigenvalue weighted by Crippen LogP contribution is -2.17. The highest BCUT2D eigenvalue weighted by Gasteiger charge is 2.27. The fourth-order valence-corrected chi connectivity index (χ4v) is 0.341. The van der Waals surface area contributed by atoms with Gasteiger partial charge >= 0.3 is 6.18 Å². The van der Waals surface area contributed by atoms with Crippen molar-refractivity contribution in [2.45, 2.75) is 13.1 Å². The summed E-state index contributed by atoms with van der Waals surface area (Å²) in [4.78, 5) is 0. The molecule has 0 spiro atoms. The second-order valence-electron chi connectivity index (χ2n) is 2.07. The van der Waals surface area contributed by atoms with Gasteiger partial charge in [0.15, 0.2) is 0 Å². The Hall–Kier alpha value is -0.510. The quantitative estimate of drug-likeness (QED) is 0.566. The zero-order chi connectivity index (χ0) is 8.20. The summed E-state index contributed by atoms with van der Waals surface area (Å²) >= 11 is 0. The van der Waals surface area contributed by atoms with Crippen LogP contribution in [-0.4, -0.2) is 19.4 Å². The fraction of sp³-hybridized carbons (Fsp3) is 0.667. The lowest BCUT2D eigenvalue weighted by atomic mass is 10.4. The SMILES string of the molecule is C=C(C)COCC(F)(F)F. The van der Waals surface area contributed by atoms with Crippen molar-refractivity contribution >= 4 is 0 Å². The van der Waals surface area contributed by atoms with E-state index in [9.17, 15) is 13.2 Å². The molecule has 0 unspecified atom stereocenters. The van der Waals surface area contributed by atoms with E-state index in [0.717, 1.165) is 0 Å². The molecule has 60 valence electrons. The molecule has 0 N–H and O–H groups in total. The van der Waals surface area contributed by atoms with Gasteiger partial charge in [-0.1, -0.05) is 12.2 Å². The first-order valence-corrected chi connectivity index (χ1v) is 2.70. The van der Waals surface area contributed by atoms with Crippen molar-refractivity contribution in [3.63, 3.8) is 0 Å². The maximum Gasteiger partial charge on any atom is 0.411 e. The van der Waals surface area contributed by atoms with E-state index in [0.29, 0.717) is 5.57 Å². The summed E-state index contributed by atoms with van der Waals surface area (Å²) in [5.41, 5.74) is 0.587. The summed E-state index contributed by atoms with van der Waals surface area (Å²) < 4.78 is 38.3. The van der Waals surface area contributed by atoms with E-state index < -0.39 is 12.8 Å². The largest absolute Gasteiger partial charge is 0.411 e. The van der Waals surface area contributed by atoms with Gasteiger partial charge in [-0.15, -0.1) is 0 Å². The van der Waals surface area contributed by atoms with E-state index in [-0.39, 0.29) is 6.61 Å². The van der Waals surface area contributed by atoms with Crippen molar-refractivity contribution in [1.82, 2.24) is 0 Å². The van der Waals surface area contributed by atoms with Crippen LogP contribution < -0.4 is 0 Å². The third-order valence-corrected chi connectivity index (χ3v) is 0.614. The van der Waals surface area contributed by atoms with Gasteiger partial charge in [0.05, 0.1) is 6.61 Å². The van der Waals surface area contributed by atoms with Gasteiger partial charge < -0.3 is 4.74 Å². The van der Waals surface area contributed by atoms with Crippen molar-refractivity contribution in [2.75, 3.05) is 13.2 Å². The first-order chi connectivity index (χ1) is 4.42. The van der Waals surface area contributed by atoms with Gasteiger partial charge in [-0.3, -0.25) is 0 Å². The highest BCUT2D eigenvalue weighted by molar-refractivity contribution is 4.87. The number of alkyl halides is 3. The van der Waals surface area contributed by atoms with Gasteiger partial charge in [0.2, 0.25) is 0 Å². The van der Waals surface area contributed by atoms with Crippen molar-refractivity contribution in [3.8, 4) is 0 Å². The minimum atomic E-state index is -4.23. The molecule has 4 heteroatoms. The van der Waals surface area contributed by atoms with E-state index in [2.05, 4.69) is 11.3 Å². The van der Waals surface area contributed by atoms with Crippen LogP contribution in [0.1, 0.15) is 6.92 Å². The van der Waals surface area contributed by atoms with Crippen molar-refractivity contribution in [2.24, 2.45) is 0 Å². The molecule has 0 aliphatic heterocycles. The third kappa shape index (κ3) is 7.49. The van der Waals surface area contributed by atoms with Gasteiger partial charge in [-0.05, 0) is 6.92 Å². The molecule has 0 saturated carbocycles. The highest BCUT2D eigenvalue weighted by atomic mass is 19.4. The van der Waals surface area contributed by atoms with Crippen LogP contribution in [0.5, 0.6) is 0 Å². The lowest BCUT2D eigenvalue weighted by Gasteiger charge is -2.06. The van der Waals surface area contributed by atoms with Gasteiger partial charge in [0, 0.05) is 0 Å². The second-order valence-corrected chi connectivity index (χ2v) is 2.07. The van der Waals surface area contributed by atoms with Crippen LogP contribution in [0.3, 0.4) is 0 Å². The first kappa shape index (κ1) is 9.49. The molecule has 0 aromatic carbocycles. The predicted octanol–water partition coefficient (Wildman–Crippen LogP) is 2.14. The zero-order valence-electron chi connectivity index (χ0n) is 5.66. The molecule has 0 amide bonds. The minimum Gasteiger partial charge on any atom is -0.368 e. The molecular formula is C6H9F3O. The molecule has 0 aliphatic rings. The third-order valence-electron chi connectivity index (χ3n) is 0.614. The zero-order valence-corrected chi connectivity index (χ0v) is 5.66. The van der Waals surface area contributed by atoms with Crippen LogP contribution in [-0.2, 0) is 4.74 Å². The molecule has 1 nitrogen and oxygen atoms in total. The number of halogens is 3. The first-order valence-electron chi connectivity index (χ1n) is 2.70. The van der Waals surface area contributed by atoms with Crippen molar-refractivity contribution < 1.29 is 17.9 Å². The Kier molecular flexibility index (Phi) is 3.42. The molecule has 0 rings (SSSR count). The summed E-state index contributed by atoms with van der Waals surface area (Å²) in [6.07, 6.45) is -4.23. The number of rotatable bonds is 3. The predicted molar refractivity (Wildman–Crippen MR) is 31.7 cm³/mol. The Morgan fingerprint density at radius 2 is 2.00 bits per heavy atom. The highest BCUT2D eigenvalue weighted by Crippen LogP contribution is 2.14. The fourth-order valence-electron chi connectivity index (χ4n) is 0.341. The summed E-state index contributed by atoms with van der Waals surface area (Å²) in [6, 6.07) is 0. The van der Waals surface area contributed by atoms with Crippen molar-refractivity contribution in [1.29, 1.82) is 0 Å². The topological polar surface area (TPSA) is 9.23 Å². The van der Waals surface area contributed by atoms with E-state index in [4.69, 9.17) is 0 Å². The molecule has 10 heavy (non-hydrogen) atoms. The molecule has 0 bridgehead atoms. The molecule has 0 heterocycles. The maximum atomic E-state index is 11.4. The Morgan fingerprint density at radius 1 is 1.50 bits per heavy atom. The summed E-state index contributed by atoms with van der Waals surface area (Å²) in [5, 5.41) is 0. The minimum absolute atomic E-state index is 0.0283. The van der Waals surface area contributed by atoms with Crippen LogP contribution in [0.25, 0.3) is 0 Å². The smallest absolute Gasteiger partial charge is 0.368 e. The lowest BCUT2D eigenvalue weighted by molar-refractivity contribution is -0.171. The standard InChI is InChI=1S/C6H9F3O/c1-5(2)3-10-4-6(7,8)9/h1,3-4H2,2H3. The van der Waals surface area contributed by atoms with E-state index >= 15 is 0 Å². The van der Waals surface area contributed by atoms with E-state index in [1.54, 1.807) is 6.92 Å². The summed E-state index contributed by atoms with van der Waals surface area (Å²) in [6.45, 7) is 3.77.